The second kappa shape index (κ2) is 6.12. The molecule has 112 valence electrons. The highest BCUT2D eigenvalue weighted by Gasteiger charge is 2.18. The van der Waals surface area contributed by atoms with Crippen molar-refractivity contribution in [3.8, 4) is 5.75 Å². The first-order valence-electron chi connectivity index (χ1n) is 6.28. The summed E-state index contributed by atoms with van der Waals surface area (Å²) in [5.74, 6) is -0.0926. The van der Waals surface area contributed by atoms with Gasteiger partial charge in [0.25, 0.3) is 5.91 Å². The molecule has 0 radical (unpaired) electrons. The molecule has 0 saturated heterocycles. The second-order valence-electron chi connectivity index (χ2n) is 4.41. The Morgan fingerprint density at radius 2 is 2.05 bits per heavy atom. The number of para-hydroxylation sites is 1. The van der Waals surface area contributed by atoms with Gasteiger partial charge >= 0.3 is 0 Å². The van der Waals surface area contributed by atoms with E-state index < -0.39 is 0 Å². The minimum absolute atomic E-state index is 0.263. The number of hydrogen-bond donors (Lipinski definition) is 1. The maximum atomic E-state index is 12.4. The molecule has 4 nitrogen and oxygen atoms in total. The maximum Gasteiger partial charge on any atom is 0.261 e. The van der Waals surface area contributed by atoms with Crippen molar-refractivity contribution in [2.45, 2.75) is 0 Å². The highest BCUT2D eigenvalue weighted by atomic mass is 35.5. The smallest absolute Gasteiger partial charge is 0.261 e. The minimum atomic E-state index is -0.375. The molecular weight excluding hydrogens is 343 g/mol. The number of amides is 1. The lowest BCUT2D eigenvalue weighted by Crippen LogP contribution is -2.13. The van der Waals surface area contributed by atoms with Crippen molar-refractivity contribution in [2.75, 3.05) is 12.4 Å². The van der Waals surface area contributed by atoms with Crippen LogP contribution in [0.5, 0.6) is 5.75 Å². The van der Waals surface area contributed by atoms with Gasteiger partial charge in [-0.2, -0.15) is 0 Å². The number of aromatic nitrogens is 1. The van der Waals surface area contributed by atoms with Crippen molar-refractivity contribution in [1.29, 1.82) is 0 Å². The lowest BCUT2D eigenvalue weighted by molar-refractivity contribution is 0.102. The molecule has 1 heterocycles. The van der Waals surface area contributed by atoms with Gasteiger partial charge in [0.05, 0.1) is 27.9 Å². The summed E-state index contributed by atoms with van der Waals surface area (Å²) in [6, 6.07) is 10.7. The lowest BCUT2D eigenvalue weighted by Gasteiger charge is -2.10. The molecule has 1 N–H and O–H groups in total. The summed E-state index contributed by atoms with van der Waals surface area (Å²) in [4.78, 5) is 16.8. The summed E-state index contributed by atoms with van der Waals surface area (Å²) in [6.07, 6.45) is 0. The first-order valence-corrected chi connectivity index (χ1v) is 7.85. The SMILES string of the molecule is COc1c(Cl)cc(Cl)cc1C(=O)Nc1nc2ccccc2s1. The largest absolute Gasteiger partial charge is 0.494 e. The number of nitrogens with zero attached hydrogens (tertiary/aromatic N) is 1. The van der Waals surface area contributed by atoms with E-state index in [9.17, 15) is 4.79 Å². The molecule has 0 atom stereocenters. The average Bonchev–Trinajstić information content (AvgIpc) is 2.88. The zero-order valence-corrected chi connectivity index (χ0v) is 13.7. The summed E-state index contributed by atoms with van der Waals surface area (Å²) >= 11 is 13.4. The van der Waals surface area contributed by atoms with Crippen molar-refractivity contribution < 1.29 is 9.53 Å². The van der Waals surface area contributed by atoms with Crippen LogP contribution in [-0.2, 0) is 0 Å². The first kappa shape index (κ1) is 15.1. The number of carbonyl (C=O) groups is 1. The molecule has 22 heavy (non-hydrogen) atoms. The quantitative estimate of drug-likeness (QED) is 0.731. The fourth-order valence-electron chi connectivity index (χ4n) is 2.03. The van der Waals surface area contributed by atoms with Crippen LogP contribution in [0.4, 0.5) is 5.13 Å². The Bertz CT molecular complexity index is 831. The van der Waals surface area contributed by atoms with E-state index in [2.05, 4.69) is 10.3 Å². The van der Waals surface area contributed by atoms with Crippen molar-refractivity contribution in [2.24, 2.45) is 0 Å². The highest BCUT2D eigenvalue weighted by Crippen LogP contribution is 2.33. The van der Waals surface area contributed by atoms with Crippen LogP contribution in [0.25, 0.3) is 10.2 Å². The molecular formula is C15H10Cl2N2O2S. The molecule has 0 unspecified atom stereocenters. The number of nitrogens with one attached hydrogen (secondary N) is 1. The monoisotopic (exact) mass is 352 g/mol. The number of fused-ring (bicyclic) bond motifs is 1. The lowest BCUT2D eigenvalue weighted by atomic mass is 10.2. The van der Waals surface area contributed by atoms with Gasteiger partial charge in [-0.25, -0.2) is 4.98 Å². The second-order valence-corrected chi connectivity index (χ2v) is 6.28. The number of thiazole rings is 1. The average molecular weight is 353 g/mol. The predicted octanol–water partition coefficient (Wildman–Crippen LogP) is 4.86. The summed E-state index contributed by atoms with van der Waals surface area (Å²) in [7, 11) is 1.45. The summed E-state index contributed by atoms with van der Waals surface area (Å²) in [5.41, 5.74) is 1.10. The van der Waals surface area contributed by atoms with E-state index in [-0.39, 0.29) is 22.2 Å². The van der Waals surface area contributed by atoms with Gasteiger partial charge < -0.3 is 4.74 Å². The number of carbonyl (C=O) groups excluding carboxylic acids is 1. The van der Waals surface area contributed by atoms with Crippen LogP contribution in [0.1, 0.15) is 10.4 Å². The molecule has 3 rings (SSSR count). The van der Waals surface area contributed by atoms with Gasteiger partial charge in [-0.15, -0.1) is 0 Å². The normalized spacial score (nSPS) is 10.7. The molecule has 3 aromatic rings. The summed E-state index contributed by atoms with van der Waals surface area (Å²) in [5, 5.41) is 3.90. The number of benzene rings is 2. The highest BCUT2D eigenvalue weighted by molar-refractivity contribution is 7.22. The molecule has 1 amide bonds. The fourth-order valence-corrected chi connectivity index (χ4v) is 3.46. The third kappa shape index (κ3) is 2.88. The molecule has 2 aromatic carbocycles. The predicted molar refractivity (Wildman–Crippen MR) is 90.6 cm³/mol. The third-order valence-corrected chi connectivity index (χ3v) is 4.42. The van der Waals surface area contributed by atoms with Crippen LogP contribution < -0.4 is 10.1 Å². The first-order chi connectivity index (χ1) is 10.6. The number of rotatable bonds is 3. The van der Waals surface area contributed by atoms with E-state index in [1.165, 1.54) is 30.6 Å². The Kier molecular flexibility index (Phi) is 4.20. The number of halogens is 2. The van der Waals surface area contributed by atoms with Gasteiger partial charge in [-0.1, -0.05) is 46.7 Å². The number of anilines is 1. The Morgan fingerprint density at radius 3 is 2.77 bits per heavy atom. The van der Waals surface area contributed by atoms with Crippen LogP contribution in [0.15, 0.2) is 36.4 Å². The van der Waals surface area contributed by atoms with Crippen molar-refractivity contribution in [3.63, 3.8) is 0 Å². The van der Waals surface area contributed by atoms with Gasteiger partial charge in [-0.05, 0) is 24.3 Å². The van der Waals surface area contributed by atoms with Crippen molar-refractivity contribution in [3.05, 3.63) is 52.0 Å². The standard InChI is InChI=1S/C15H10Cl2N2O2S/c1-21-13-9(6-8(16)7-10(13)17)14(20)19-15-18-11-4-2-3-5-12(11)22-15/h2-7H,1H3,(H,18,19,20). The zero-order chi connectivity index (χ0) is 15.7. The third-order valence-electron chi connectivity index (χ3n) is 2.97. The van der Waals surface area contributed by atoms with E-state index in [1.807, 2.05) is 24.3 Å². The Hall–Kier alpha value is -1.82. The number of methoxy groups -OCH3 is 1. The van der Waals surface area contributed by atoms with Crippen molar-refractivity contribution >= 4 is 55.8 Å². The van der Waals surface area contributed by atoms with E-state index in [0.717, 1.165) is 10.2 Å². The van der Waals surface area contributed by atoms with Gasteiger partial charge in [0.2, 0.25) is 0 Å². The van der Waals surface area contributed by atoms with Crippen LogP contribution in [-0.4, -0.2) is 18.0 Å². The number of ether oxygens (including phenoxy) is 1. The van der Waals surface area contributed by atoms with Gasteiger partial charge in [0.15, 0.2) is 5.13 Å². The zero-order valence-electron chi connectivity index (χ0n) is 11.4. The molecule has 0 saturated carbocycles. The van der Waals surface area contributed by atoms with E-state index in [0.29, 0.717) is 10.2 Å². The topological polar surface area (TPSA) is 51.2 Å². The van der Waals surface area contributed by atoms with Gasteiger partial charge in [-0.3, -0.25) is 10.1 Å². The Morgan fingerprint density at radius 1 is 1.27 bits per heavy atom. The van der Waals surface area contributed by atoms with E-state index in [4.69, 9.17) is 27.9 Å². The summed E-state index contributed by atoms with van der Waals surface area (Å²) in [6.45, 7) is 0. The Labute approximate surface area is 140 Å². The molecule has 0 aliphatic rings. The van der Waals surface area contributed by atoms with Crippen LogP contribution in [0.3, 0.4) is 0 Å². The molecule has 0 aliphatic heterocycles. The van der Waals surface area contributed by atoms with Crippen LogP contribution in [0.2, 0.25) is 10.0 Å². The van der Waals surface area contributed by atoms with E-state index >= 15 is 0 Å². The molecule has 0 bridgehead atoms. The molecule has 7 heteroatoms. The van der Waals surface area contributed by atoms with Gasteiger partial charge in [0.1, 0.15) is 5.75 Å². The molecule has 0 fully saturated rings. The van der Waals surface area contributed by atoms with Crippen LogP contribution in [0, 0.1) is 0 Å². The maximum absolute atomic E-state index is 12.4. The minimum Gasteiger partial charge on any atom is -0.494 e. The van der Waals surface area contributed by atoms with Crippen molar-refractivity contribution in [1.82, 2.24) is 4.98 Å². The van der Waals surface area contributed by atoms with Crippen LogP contribution >= 0.6 is 34.5 Å². The molecule has 1 aromatic heterocycles. The van der Waals surface area contributed by atoms with E-state index in [1.54, 1.807) is 0 Å². The Balaban J connectivity index is 1.94. The van der Waals surface area contributed by atoms with Gasteiger partial charge in [0, 0.05) is 5.02 Å². The summed E-state index contributed by atoms with van der Waals surface area (Å²) < 4.78 is 6.17. The fraction of sp³-hybridized carbons (Fsp3) is 0.0667. The molecule has 0 spiro atoms. The molecule has 0 aliphatic carbocycles. The number of hydrogen-bond acceptors (Lipinski definition) is 4.